The third kappa shape index (κ3) is 4.55. The minimum absolute atomic E-state index is 0. The first-order chi connectivity index (χ1) is 12.5. The number of hydrogen-bond donors (Lipinski definition) is 1. The van der Waals surface area contributed by atoms with Crippen molar-refractivity contribution in [2.45, 2.75) is 34.1 Å². The molecule has 0 unspecified atom stereocenters. The molecular weight excluding hydrogens is 362 g/mol. The Kier molecular flexibility index (Phi) is 6.75. The molecule has 3 aromatic rings. The number of pyridine rings is 2. The van der Waals surface area contributed by atoms with E-state index in [1.165, 1.54) is 17.3 Å². The molecule has 0 saturated carbocycles. The molecule has 0 aliphatic carbocycles. The van der Waals surface area contributed by atoms with Crippen LogP contribution < -0.4 is 5.32 Å². The zero-order chi connectivity index (χ0) is 18.7. The van der Waals surface area contributed by atoms with E-state index in [0.717, 1.165) is 23.2 Å². The molecule has 0 saturated heterocycles. The molecule has 142 valence electrons. The van der Waals surface area contributed by atoms with Crippen LogP contribution in [0.15, 0.2) is 36.5 Å². The zero-order valence-corrected chi connectivity index (χ0v) is 16.8. The highest BCUT2D eigenvalue weighted by Crippen LogP contribution is 2.30. The molecule has 27 heavy (non-hydrogen) atoms. The summed E-state index contributed by atoms with van der Waals surface area (Å²) < 4.78 is 5.33. The highest BCUT2D eigenvalue weighted by molar-refractivity contribution is 6.05. The van der Waals surface area contributed by atoms with Gasteiger partial charge in [0.2, 0.25) is 0 Å². The number of carbonyl (C=O) groups excluding carboxylic acids is 1. The first-order valence-corrected chi connectivity index (χ1v) is 8.77. The molecule has 0 radical (unpaired) electrons. The lowest BCUT2D eigenvalue weighted by Crippen LogP contribution is -2.10. The van der Waals surface area contributed by atoms with Gasteiger partial charge < -0.3 is 10.1 Å². The Bertz CT molecular complexity index is 973. The number of aryl methyl sites for hydroxylation is 3. The molecule has 0 aliphatic rings. The zero-order valence-electron chi connectivity index (χ0n) is 16.0. The van der Waals surface area contributed by atoms with E-state index in [-0.39, 0.29) is 18.4 Å². The van der Waals surface area contributed by atoms with Gasteiger partial charge in [-0.3, -0.25) is 0 Å². The van der Waals surface area contributed by atoms with Gasteiger partial charge in [-0.05, 0) is 62.6 Å². The fraction of sp³-hybridized carbons (Fsp3) is 0.286. The first kappa shape index (κ1) is 20.6. The predicted octanol–water partition coefficient (Wildman–Crippen LogP) is 5.29. The van der Waals surface area contributed by atoms with Crippen LogP contribution in [-0.4, -0.2) is 22.5 Å². The van der Waals surface area contributed by atoms with Gasteiger partial charge in [0.25, 0.3) is 0 Å². The number of ether oxygens (including phenoxy) is 1. The highest BCUT2D eigenvalue weighted by Gasteiger charge is 2.18. The Balaban J connectivity index is 0.00000261. The van der Waals surface area contributed by atoms with Crippen LogP contribution in [0.4, 0.5) is 11.4 Å². The van der Waals surface area contributed by atoms with Crippen molar-refractivity contribution < 1.29 is 9.53 Å². The van der Waals surface area contributed by atoms with Crippen molar-refractivity contribution in [3.8, 4) is 0 Å². The highest BCUT2D eigenvalue weighted by atomic mass is 35.5. The molecule has 0 amide bonds. The van der Waals surface area contributed by atoms with Crippen LogP contribution in [0.3, 0.4) is 0 Å². The predicted molar refractivity (Wildman–Crippen MR) is 111 cm³/mol. The normalized spacial score (nSPS) is 10.4. The topological polar surface area (TPSA) is 64.1 Å². The standard InChI is InChI=1S/C21H23N3O2.ClH/c1-5-10-26-21(25)18-12-22-20-17(9-7-15(4)23-20)19(18)24-16-8-6-13(2)14(3)11-16;/h6-9,11-12H,5,10H2,1-4H3,(H,22,23,24);1H. The number of aromatic nitrogens is 2. The number of fused-ring (bicyclic) bond motifs is 1. The van der Waals surface area contributed by atoms with Gasteiger partial charge in [0.15, 0.2) is 5.65 Å². The monoisotopic (exact) mass is 385 g/mol. The van der Waals surface area contributed by atoms with Crippen LogP contribution in [-0.2, 0) is 4.74 Å². The molecule has 0 aliphatic heterocycles. The van der Waals surface area contributed by atoms with Crippen LogP contribution in [0.25, 0.3) is 11.0 Å². The Labute approximate surface area is 165 Å². The van der Waals surface area contributed by atoms with Crippen molar-refractivity contribution in [1.29, 1.82) is 0 Å². The number of hydrogen-bond acceptors (Lipinski definition) is 5. The summed E-state index contributed by atoms with van der Waals surface area (Å²) in [4.78, 5) is 21.3. The van der Waals surface area contributed by atoms with E-state index in [9.17, 15) is 4.79 Å². The average molecular weight is 386 g/mol. The fourth-order valence-corrected chi connectivity index (χ4v) is 2.70. The van der Waals surface area contributed by atoms with E-state index in [4.69, 9.17) is 4.74 Å². The van der Waals surface area contributed by atoms with Crippen molar-refractivity contribution in [2.24, 2.45) is 0 Å². The van der Waals surface area contributed by atoms with Gasteiger partial charge >= 0.3 is 5.97 Å². The molecule has 0 atom stereocenters. The summed E-state index contributed by atoms with van der Waals surface area (Å²) in [6.07, 6.45) is 2.31. The Morgan fingerprint density at radius 3 is 2.59 bits per heavy atom. The molecule has 2 aromatic heterocycles. The number of carbonyl (C=O) groups is 1. The van der Waals surface area contributed by atoms with E-state index in [2.05, 4.69) is 41.3 Å². The molecular formula is C21H24ClN3O2. The molecule has 0 fully saturated rings. The smallest absolute Gasteiger partial charge is 0.341 e. The van der Waals surface area contributed by atoms with Crippen LogP contribution in [0, 0.1) is 20.8 Å². The Hall–Kier alpha value is -2.66. The summed E-state index contributed by atoms with van der Waals surface area (Å²) in [5.74, 6) is -0.381. The van der Waals surface area contributed by atoms with Crippen molar-refractivity contribution in [1.82, 2.24) is 9.97 Å². The molecule has 6 heteroatoms. The third-order valence-corrected chi connectivity index (χ3v) is 4.30. The van der Waals surface area contributed by atoms with Gasteiger partial charge in [0.05, 0.1) is 12.3 Å². The lowest BCUT2D eigenvalue weighted by Gasteiger charge is -2.15. The van der Waals surface area contributed by atoms with E-state index in [1.54, 1.807) is 0 Å². The second-order valence-corrected chi connectivity index (χ2v) is 6.43. The summed E-state index contributed by atoms with van der Waals surface area (Å²) in [6, 6.07) is 9.96. The first-order valence-electron chi connectivity index (χ1n) is 8.77. The van der Waals surface area contributed by atoms with Gasteiger partial charge in [-0.25, -0.2) is 14.8 Å². The van der Waals surface area contributed by atoms with Crippen molar-refractivity contribution >= 4 is 40.8 Å². The third-order valence-electron chi connectivity index (χ3n) is 4.30. The van der Waals surface area contributed by atoms with Gasteiger partial charge in [0.1, 0.15) is 5.56 Å². The number of anilines is 2. The summed E-state index contributed by atoms with van der Waals surface area (Å²) in [6.45, 7) is 8.40. The van der Waals surface area contributed by atoms with E-state index < -0.39 is 0 Å². The minimum atomic E-state index is -0.381. The fourth-order valence-electron chi connectivity index (χ4n) is 2.70. The second kappa shape index (κ2) is 8.82. The maximum absolute atomic E-state index is 12.5. The molecule has 0 spiro atoms. The largest absolute Gasteiger partial charge is 0.462 e. The quantitative estimate of drug-likeness (QED) is 0.604. The lowest BCUT2D eigenvalue weighted by atomic mass is 10.1. The Morgan fingerprint density at radius 2 is 1.89 bits per heavy atom. The molecule has 2 heterocycles. The van der Waals surface area contributed by atoms with Crippen molar-refractivity contribution in [3.63, 3.8) is 0 Å². The number of nitrogens with zero attached hydrogens (tertiary/aromatic N) is 2. The molecule has 1 N–H and O–H groups in total. The van der Waals surface area contributed by atoms with Gasteiger partial charge in [-0.1, -0.05) is 13.0 Å². The summed E-state index contributed by atoms with van der Waals surface area (Å²) in [7, 11) is 0. The number of esters is 1. The van der Waals surface area contributed by atoms with Crippen molar-refractivity contribution in [3.05, 3.63) is 58.9 Å². The number of benzene rings is 1. The van der Waals surface area contributed by atoms with Crippen LogP contribution >= 0.6 is 12.4 Å². The second-order valence-electron chi connectivity index (χ2n) is 6.43. The molecule has 3 rings (SSSR count). The maximum atomic E-state index is 12.5. The van der Waals surface area contributed by atoms with Crippen molar-refractivity contribution in [2.75, 3.05) is 11.9 Å². The van der Waals surface area contributed by atoms with E-state index >= 15 is 0 Å². The number of halogens is 1. The van der Waals surface area contributed by atoms with Crippen LogP contribution in [0.1, 0.15) is 40.5 Å². The van der Waals surface area contributed by atoms with E-state index in [1.807, 2.05) is 32.0 Å². The molecule has 1 aromatic carbocycles. The summed E-state index contributed by atoms with van der Waals surface area (Å²) in [5, 5.41) is 4.17. The number of nitrogens with one attached hydrogen (secondary N) is 1. The SMILES string of the molecule is CCCOC(=O)c1cnc2nc(C)ccc2c1Nc1ccc(C)c(C)c1.Cl. The van der Waals surface area contributed by atoms with Gasteiger partial charge in [0, 0.05) is 23.0 Å². The average Bonchev–Trinajstić information content (AvgIpc) is 2.62. The van der Waals surface area contributed by atoms with E-state index in [0.29, 0.717) is 23.5 Å². The number of rotatable bonds is 5. The van der Waals surface area contributed by atoms with Gasteiger partial charge in [-0.15, -0.1) is 12.4 Å². The van der Waals surface area contributed by atoms with Crippen LogP contribution in [0.2, 0.25) is 0 Å². The van der Waals surface area contributed by atoms with Crippen LogP contribution in [0.5, 0.6) is 0 Å². The Morgan fingerprint density at radius 1 is 1.11 bits per heavy atom. The lowest BCUT2D eigenvalue weighted by molar-refractivity contribution is 0.0506. The minimum Gasteiger partial charge on any atom is -0.462 e. The summed E-state index contributed by atoms with van der Waals surface area (Å²) >= 11 is 0. The maximum Gasteiger partial charge on any atom is 0.341 e. The van der Waals surface area contributed by atoms with Gasteiger partial charge in [-0.2, -0.15) is 0 Å². The molecule has 5 nitrogen and oxygen atoms in total. The summed E-state index contributed by atoms with van der Waals surface area (Å²) in [5.41, 5.74) is 5.87. The molecule has 0 bridgehead atoms.